The van der Waals surface area contributed by atoms with Crippen molar-refractivity contribution in [3.8, 4) is 11.5 Å². The van der Waals surface area contributed by atoms with Crippen LogP contribution >= 0.6 is 11.6 Å². The van der Waals surface area contributed by atoms with Crippen molar-refractivity contribution in [3.05, 3.63) is 22.7 Å². The summed E-state index contributed by atoms with van der Waals surface area (Å²) in [5.74, 6) is 1.43. The Morgan fingerprint density at radius 2 is 2.12 bits per heavy atom. The van der Waals surface area contributed by atoms with Crippen molar-refractivity contribution in [3.63, 3.8) is 0 Å². The van der Waals surface area contributed by atoms with Crippen LogP contribution in [0, 0.1) is 0 Å². The Morgan fingerprint density at radius 3 is 2.65 bits per heavy atom. The van der Waals surface area contributed by atoms with Crippen LogP contribution in [0.15, 0.2) is 12.1 Å². The van der Waals surface area contributed by atoms with E-state index >= 15 is 0 Å². The summed E-state index contributed by atoms with van der Waals surface area (Å²) in [6.07, 6.45) is 1.67. The molecule has 0 saturated carbocycles. The van der Waals surface area contributed by atoms with Crippen molar-refractivity contribution in [1.29, 1.82) is 0 Å². The highest BCUT2D eigenvalue weighted by Crippen LogP contribution is 2.35. The van der Waals surface area contributed by atoms with Gasteiger partial charge in [0.15, 0.2) is 11.5 Å². The van der Waals surface area contributed by atoms with E-state index in [1.807, 2.05) is 13.0 Å². The molecule has 0 aliphatic heterocycles. The summed E-state index contributed by atoms with van der Waals surface area (Å²) in [5.41, 5.74) is 6.82. The molecule has 1 aromatic carbocycles. The molecule has 0 saturated heterocycles. The van der Waals surface area contributed by atoms with Crippen LogP contribution in [0.5, 0.6) is 11.5 Å². The lowest BCUT2D eigenvalue weighted by molar-refractivity contribution is 0.290. The Bertz CT molecular complexity index is 367. The SMILES string of the molecule is CCCOc1c(CC(C)N)cc(Cl)cc1OC. The highest BCUT2D eigenvalue weighted by atomic mass is 35.5. The van der Waals surface area contributed by atoms with Gasteiger partial charge in [-0.25, -0.2) is 0 Å². The second-order valence-electron chi connectivity index (χ2n) is 4.13. The number of hydrogen-bond acceptors (Lipinski definition) is 3. The summed E-state index contributed by atoms with van der Waals surface area (Å²) in [5, 5.41) is 0.640. The van der Waals surface area contributed by atoms with Gasteiger partial charge in [-0.1, -0.05) is 18.5 Å². The van der Waals surface area contributed by atoms with Crippen molar-refractivity contribution < 1.29 is 9.47 Å². The molecule has 3 nitrogen and oxygen atoms in total. The standard InChI is InChI=1S/C13H20ClNO2/c1-4-5-17-13-10(6-9(2)15)7-11(14)8-12(13)16-3/h7-9H,4-6,15H2,1-3H3. The number of hydrogen-bond donors (Lipinski definition) is 1. The Balaban J connectivity index is 3.08. The number of ether oxygens (including phenoxy) is 2. The molecule has 4 heteroatoms. The molecular weight excluding hydrogens is 238 g/mol. The lowest BCUT2D eigenvalue weighted by Crippen LogP contribution is -2.18. The van der Waals surface area contributed by atoms with E-state index in [1.54, 1.807) is 13.2 Å². The Hall–Kier alpha value is -0.930. The van der Waals surface area contributed by atoms with Crippen molar-refractivity contribution in [2.24, 2.45) is 5.73 Å². The quantitative estimate of drug-likeness (QED) is 0.852. The van der Waals surface area contributed by atoms with Crippen molar-refractivity contribution in [2.75, 3.05) is 13.7 Å². The van der Waals surface area contributed by atoms with Crippen LogP contribution in [0.25, 0.3) is 0 Å². The second kappa shape index (κ2) is 6.72. The summed E-state index contributed by atoms with van der Waals surface area (Å²) < 4.78 is 11.0. The molecule has 0 amide bonds. The highest BCUT2D eigenvalue weighted by molar-refractivity contribution is 6.30. The number of rotatable bonds is 6. The van der Waals surface area contributed by atoms with Crippen LogP contribution in [0.3, 0.4) is 0 Å². The van der Waals surface area contributed by atoms with Gasteiger partial charge in [-0.05, 0) is 25.8 Å². The fourth-order valence-corrected chi connectivity index (χ4v) is 1.87. The first-order valence-corrected chi connectivity index (χ1v) is 6.21. The summed E-state index contributed by atoms with van der Waals surface area (Å²) in [6.45, 7) is 4.68. The molecule has 1 aromatic rings. The number of halogens is 1. The fourth-order valence-electron chi connectivity index (χ4n) is 1.64. The lowest BCUT2D eigenvalue weighted by atomic mass is 10.1. The van der Waals surface area contributed by atoms with Gasteiger partial charge >= 0.3 is 0 Å². The Labute approximate surface area is 108 Å². The Morgan fingerprint density at radius 1 is 1.41 bits per heavy atom. The van der Waals surface area contributed by atoms with Gasteiger partial charge in [0.2, 0.25) is 0 Å². The van der Waals surface area contributed by atoms with Gasteiger partial charge < -0.3 is 15.2 Å². The number of benzene rings is 1. The van der Waals surface area contributed by atoms with Crippen molar-refractivity contribution in [1.82, 2.24) is 0 Å². The minimum absolute atomic E-state index is 0.0575. The maximum Gasteiger partial charge on any atom is 0.164 e. The van der Waals surface area contributed by atoms with E-state index in [-0.39, 0.29) is 6.04 Å². The van der Waals surface area contributed by atoms with Crippen LogP contribution in [-0.2, 0) is 6.42 Å². The molecule has 1 rings (SSSR count). The normalized spacial score (nSPS) is 12.3. The van der Waals surface area contributed by atoms with Crippen LogP contribution in [0.4, 0.5) is 0 Å². The molecule has 0 radical (unpaired) electrons. The topological polar surface area (TPSA) is 44.5 Å². The minimum atomic E-state index is 0.0575. The molecule has 0 bridgehead atoms. The van der Waals surface area contributed by atoms with Crippen LogP contribution in [-0.4, -0.2) is 19.8 Å². The summed E-state index contributed by atoms with van der Waals surface area (Å²) in [4.78, 5) is 0. The van der Waals surface area contributed by atoms with Crippen LogP contribution in [0.2, 0.25) is 5.02 Å². The first kappa shape index (κ1) is 14.1. The van der Waals surface area contributed by atoms with E-state index in [9.17, 15) is 0 Å². The van der Waals surface area contributed by atoms with E-state index in [4.69, 9.17) is 26.8 Å². The molecule has 0 aromatic heterocycles. The maximum absolute atomic E-state index is 6.04. The van der Waals surface area contributed by atoms with E-state index in [2.05, 4.69) is 6.92 Å². The predicted molar refractivity (Wildman–Crippen MR) is 71.1 cm³/mol. The lowest BCUT2D eigenvalue weighted by Gasteiger charge is -2.16. The first-order chi connectivity index (χ1) is 8.08. The molecule has 2 N–H and O–H groups in total. The largest absolute Gasteiger partial charge is 0.493 e. The first-order valence-electron chi connectivity index (χ1n) is 5.83. The van der Waals surface area contributed by atoms with Crippen molar-refractivity contribution >= 4 is 11.6 Å². The van der Waals surface area contributed by atoms with Crippen LogP contribution in [0.1, 0.15) is 25.8 Å². The zero-order valence-electron chi connectivity index (χ0n) is 10.6. The monoisotopic (exact) mass is 257 g/mol. The van der Waals surface area contributed by atoms with Gasteiger partial charge in [-0.15, -0.1) is 0 Å². The third-order valence-corrected chi connectivity index (χ3v) is 2.53. The smallest absolute Gasteiger partial charge is 0.164 e. The number of nitrogens with two attached hydrogens (primary N) is 1. The molecule has 1 atom stereocenters. The molecule has 0 heterocycles. The summed E-state index contributed by atoms with van der Waals surface area (Å²) in [6, 6.07) is 3.71. The zero-order valence-corrected chi connectivity index (χ0v) is 11.4. The van der Waals surface area contributed by atoms with Crippen LogP contribution < -0.4 is 15.2 Å². The van der Waals surface area contributed by atoms with Gasteiger partial charge in [-0.2, -0.15) is 0 Å². The van der Waals surface area contributed by atoms with Gasteiger partial charge in [0.05, 0.1) is 13.7 Å². The molecule has 96 valence electrons. The van der Waals surface area contributed by atoms with E-state index in [0.717, 1.165) is 24.2 Å². The third kappa shape index (κ3) is 4.10. The molecular formula is C13H20ClNO2. The minimum Gasteiger partial charge on any atom is -0.493 e. The van der Waals surface area contributed by atoms with Crippen molar-refractivity contribution in [2.45, 2.75) is 32.7 Å². The maximum atomic E-state index is 6.04. The molecule has 0 aliphatic rings. The van der Waals surface area contributed by atoms with Gasteiger partial charge in [0, 0.05) is 22.7 Å². The predicted octanol–water partition coefficient (Wildman–Crippen LogP) is 3.03. The summed E-state index contributed by atoms with van der Waals surface area (Å²) in [7, 11) is 1.61. The average Bonchev–Trinajstić information content (AvgIpc) is 2.26. The average molecular weight is 258 g/mol. The molecule has 0 spiro atoms. The molecule has 17 heavy (non-hydrogen) atoms. The zero-order chi connectivity index (χ0) is 12.8. The third-order valence-electron chi connectivity index (χ3n) is 2.31. The van der Waals surface area contributed by atoms with Gasteiger partial charge in [-0.3, -0.25) is 0 Å². The number of methoxy groups -OCH3 is 1. The van der Waals surface area contributed by atoms with Gasteiger partial charge in [0.25, 0.3) is 0 Å². The van der Waals surface area contributed by atoms with E-state index in [0.29, 0.717) is 17.4 Å². The fraction of sp³-hybridized carbons (Fsp3) is 0.538. The summed E-state index contributed by atoms with van der Waals surface area (Å²) >= 11 is 6.04. The molecule has 1 unspecified atom stereocenters. The molecule has 0 fully saturated rings. The Kier molecular flexibility index (Phi) is 5.59. The molecule has 0 aliphatic carbocycles. The highest BCUT2D eigenvalue weighted by Gasteiger charge is 2.13. The second-order valence-corrected chi connectivity index (χ2v) is 4.56. The van der Waals surface area contributed by atoms with Gasteiger partial charge in [0.1, 0.15) is 0 Å². The van der Waals surface area contributed by atoms with E-state index in [1.165, 1.54) is 0 Å². The van der Waals surface area contributed by atoms with E-state index < -0.39 is 0 Å².